The first kappa shape index (κ1) is 35.2. The van der Waals surface area contributed by atoms with Gasteiger partial charge in [0.15, 0.2) is 23.1 Å². The monoisotopic (exact) mass is 805 g/mol. The maximum atomic E-state index is 7.07. The van der Waals surface area contributed by atoms with Crippen molar-refractivity contribution >= 4 is 65.6 Å². The Bertz CT molecular complexity index is 3830. The van der Waals surface area contributed by atoms with Gasteiger partial charge in [-0.05, 0) is 54.1 Å². The van der Waals surface area contributed by atoms with Crippen LogP contribution < -0.4 is 0 Å². The van der Waals surface area contributed by atoms with Gasteiger partial charge in [-0.15, -0.1) is 0 Å². The Balaban J connectivity index is 1.18. The van der Waals surface area contributed by atoms with Gasteiger partial charge < -0.3 is 13.6 Å². The van der Waals surface area contributed by atoms with Crippen molar-refractivity contribution < 1.29 is 4.42 Å². The molecule has 6 nitrogen and oxygen atoms in total. The molecule has 0 fully saturated rings. The van der Waals surface area contributed by atoms with E-state index < -0.39 is 0 Å². The predicted octanol–water partition coefficient (Wildman–Crippen LogP) is 14.6. The van der Waals surface area contributed by atoms with Crippen molar-refractivity contribution in [3.63, 3.8) is 0 Å². The largest absolute Gasteiger partial charge is 0.454 e. The molecule has 13 aromatic rings. The molecule has 0 atom stereocenters. The molecule has 0 spiro atoms. The van der Waals surface area contributed by atoms with Gasteiger partial charge in [0.05, 0.1) is 27.8 Å². The molecule has 0 radical (unpaired) electrons. The van der Waals surface area contributed by atoms with Crippen LogP contribution in [0.15, 0.2) is 217 Å². The topological polar surface area (TPSA) is 61.7 Å². The molecule has 294 valence electrons. The van der Waals surface area contributed by atoms with Crippen molar-refractivity contribution in [2.75, 3.05) is 0 Å². The summed E-state index contributed by atoms with van der Waals surface area (Å²) in [6, 6.07) is 74.3. The van der Waals surface area contributed by atoms with Gasteiger partial charge in [-0.25, -0.2) is 15.0 Å². The molecule has 0 aliphatic rings. The second kappa shape index (κ2) is 14.0. The summed E-state index contributed by atoms with van der Waals surface area (Å²) in [5.74, 6) is 1.80. The van der Waals surface area contributed by atoms with Gasteiger partial charge in [0.2, 0.25) is 0 Å². The normalized spacial score (nSPS) is 11.8. The molecule has 0 N–H and O–H groups in total. The highest BCUT2D eigenvalue weighted by Crippen LogP contribution is 2.48. The fourth-order valence-electron chi connectivity index (χ4n) is 9.64. The third kappa shape index (κ3) is 5.41. The van der Waals surface area contributed by atoms with Crippen molar-refractivity contribution in [2.24, 2.45) is 0 Å². The number of para-hydroxylation sites is 4. The number of aromatic nitrogens is 5. The lowest BCUT2D eigenvalue weighted by Crippen LogP contribution is -2.01. The third-order valence-electron chi connectivity index (χ3n) is 12.4. The number of benzene rings is 9. The Kier molecular flexibility index (Phi) is 7.80. The van der Waals surface area contributed by atoms with Crippen molar-refractivity contribution in [1.82, 2.24) is 24.1 Å². The van der Waals surface area contributed by atoms with Crippen LogP contribution in [-0.4, -0.2) is 24.1 Å². The summed E-state index contributed by atoms with van der Waals surface area (Å²) in [5.41, 5.74) is 13.1. The molecule has 9 aromatic carbocycles. The van der Waals surface area contributed by atoms with Crippen LogP contribution in [0, 0.1) is 0 Å². The maximum Gasteiger partial charge on any atom is 0.164 e. The van der Waals surface area contributed by atoms with Crippen LogP contribution in [0.5, 0.6) is 0 Å². The predicted molar refractivity (Wildman–Crippen MR) is 258 cm³/mol. The van der Waals surface area contributed by atoms with Gasteiger partial charge in [0, 0.05) is 60.3 Å². The minimum Gasteiger partial charge on any atom is -0.454 e. The summed E-state index contributed by atoms with van der Waals surface area (Å²) < 4.78 is 11.9. The molecule has 0 bridgehead atoms. The zero-order chi connectivity index (χ0) is 41.4. The van der Waals surface area contributed by atoms with Crippen molar-refractivity contribution in [2.45, 2.75) is 0 Å². The van der Waals surface area contributed by atoms with E-state index in [0.717, 1.165) is 83.0 Å². The fourth-order valence-corrected chi connectivity index (χ4v) is 9.64. The Morgan fingerprint density at radius 1 is 0.349 bits per heavy atom. The number of rotatable bonds is 6. The van der Waals surface area contributed by atoms with Gasteiger partial charge >= 0.3 is 0 Å². The van der Waals surface area contributed by atoms with Crippen LogP contribution in [0.25, 0.3) is 122 Å². The second-order valence-corrected chi connectivity index (χ2v) is 15.9. The molecule has 4 heterocycles. The smallest absolute Gasteiger partial charge is 0.164 e. The third-order valence-corrected chi connectivity index (χ3v) is 12.4. The second-order valence-electron chi connectivity index (χ2n) is 15.9. The molecule has 63 heavy (non-hydrogen) atoms. The first-order chi connectivity index (χ1) is 31.3. The molecular formula is C57H35N5O. The molecule has 4 aromatic heterocycles. The summed E-state index contributed by atoms with van der Waals surface area (Å²) in [4.78, 5) is 15.4. The summed E-state index contributed by atoms with van der Waals surface area (Å²) in [6.07, 6.45) is 0. The fraction of sp³-hybridized carbons (Fsp3) is 0. The molecule has 13 rings (SSSR count). The molecule has 0 unspecified atom stereocenters. The quantitative estimate of drug-likeness (QED) is 0.168. The van der Waals surface area contributed by atoms with E-state index in [1.165, 1.54) is 21.7 Å². The van der Waals surface area contributed by atoms with Crippen LogP contribution in [0.3, 0.4) is 0 Å². The van der Waals surface area contributed by atoms with Gasteiger partial charge in [0.1, 0.15) is 5.58 Å². The summed E-state index contributed by atoms with van der Waals surface area (Å²) in [7, 11) is 0. The minimum absolute atomic E-state index is 0.578. The van der Waals surface area contributed by atoms with E-state index in [-0.39, 0.29) is 0 Å². The first-order valence-electron chi connectivity index (χ1n) is 21.2. The van der Waals surface area contributed by atoms with Crippen LogP contribution in [0.1, 0.15) is 0 Å². The highest BCUT2D eigenvalue weighted by Gasteiger charge is 2.27. The lowest BCUT2D eigenvalue weighted by atomic mass is 9.98. The number of hydrogen-bond acceptors (Lipinski definition) is 4. The Morgan fingerprint density at radius 2 is 0.873 bits per heavy atom. The Hall–Kier alpha value is -8.61. The average Bonchev–Trinajstić information content (AvgIpc) is 4.03. The zero-order valence-electron chi connectivity index (χ0n) is 33.9. The Morgan fingerprint density at radius 3 is 1.54 bits per heavy atom. The van der Waals surface area contributed by atoms with Crippen LogP contribution in [-0.2, 0) is 0 Å². The van der Waals surface area contributed by atoms with E-state index >= 15 is 0 Å². The zero-order valence-corrected chi connectivity index (χ0v) is 33.9. The van der Waals surface area contributed by atoms with E-state index in [9.17, 15) is 0 Å². The van der Waals surface area contributed by atoms with Gasteiger partial charge in [-0.2, -0.15) is 0 Å². The molecule has 0 aliphatic carbocycles. The summed E-state index contributed by atoms with van der Waals surface area (Å²) in [6.45, 7) is 0. The van der Waals surface area contributed by atoms with Crippen molar-refractivity contribution in [3.8, 4) is 56.7 Å². The van der Waals surface area contributed by atoms with Crippen molar-refractivity contribution in [1.29, 1.82) is 0 Å². The average molecular weight is 806 g/mol. The summed E-state index contributed by atoms with van der Waals surface area (Å²) in [5, 5.41) is 6.61. The summed E-state index contributed by atoms with van der Waals surface area (Å²) >= 11 is 0. The molecule has 0 saturated carbocycles. The molecule has 0 saturated heterocycles. The number of fused-ring (bicyclic) bond motifs is 10. The number of nitrogens with zero attached hydrogens (tertiary/aromatic N) is 5. The van der Waals surface area contributed by atoms with Crippen LogP contribution >= 0.6 is 0 Å². The number of hydrogen-bond donors (Lipinski definition) is 0. The van der Waals surface area contributed by atoms with Gasteiger partial charge in [0.25, 0.3) is 0 Å². The van der Waals surface area contributed by atoms with E-state index in [1.807, 2.05) is 72.8 Å². The highest BCUT2D eigenvalue weighted by molar-refractivity contribution is 6.30. The van der Waals surface area contributed by atoms with E-state index in [4.69, 9.17) is 19.4 Å². The number of furan rings is 1. The van der Waals surface area contributed by atoms with E-state index in [0.29, 0.717) is 17.5 Å². The van der Waals surface area contributed by atoms with E-state index in [2.05, 4.69) is 149 Å². The molecule has 6 heteroatoms. The minimum atomic E-state index is 0.578. The van der Waals surface area contributed by atoms with E-state index in [1.54, 1.807) is 0 Å². The highest BCUT2D eigenvalue weighted by atomic mass is 16.3. The lowest BCUT2D eigenvalue weighted by Gasteiger charge is -2.15. The van der Waals surface area contributed by atoms with Crippen LogP contribution in [0.2, 0.25) is 0 Å². The maximum absolute atomic E-state index is 7.07. The SMILES string of the molecule is c1ccc(-c2nc(-c3ccccc3)nc(-c3ccc(-n4c5ccccc5c5cc(-c6ccccc6)c6c(c7ccccc7n6-c6ccccc6)c54)c4oc5ccccc5c34)n2)cc1. The molecular weight excluding hydrogens is 771 g/mol. The first-order valence-corrected chi connectivity index (χ1v) is 21.2. The standard InChI is InChI=1S/C57H35N5O/c1-5-19-36(20-6-1)44-35-45-40-27-13-16-30-46(40)62(53(45)51-41-28-14-17-31-47(41)61(52(44)51)39-25-11-4-12-26-39)48-34-33-43(50-42-29-15-18-32-49(42)63-54(48)50)57-59-55(37-21-7-2-8-22-37)58-56(60-57)38-23-9-3-10-24-38/h1-35H. The van der Waals surface area contributed by atoms with Crippen molar-refractivity contribution in [3.05, 3.63) is 212 Å². The van der Waals surface area contributed by atoms with Gasteiger partial charge in [-0.3, -0.25) is 0 Å². The van der Waals surface area contributed by atoms with Gasteiger partial charge in [-0.1, -0.05) is 164 Å². The lowest BCUT2D eigenvalue weighted by molar-refractivity contribution is 0.666. The Labute approximate surface area is 361 Å². The van der Waals surface area contributed by atoms with Crippen LogP contribution in [0.4, 0.5) is 0 Å². The molecule has 0 amide bonds. The molecule has 0 aliphatic heterocycles.